The molecule has 2 N–H and O–H groups in total. The van der Waals surface area contributed by atoms with Gasteiger partial charge in [-0.3, -0.25) is 10.1 Å². The molecule has 1 heterocycles. The summed E-state index contributed by atoms with van der Waals surface area (Å²) < 4.78 is 5.06. The van der Waals surface area contributed by atoms with Crippen LogP contribution in [0.15, 0.2) is 36.4 Å². The Morgan fingerprint density at radius 2 is 1.85 bits per heavy atom. The fraction of sp³-hybridized carbons (Fsp3) is 0.154. The van der Waals surface area contributed by atoms with Crippen LogP contribution in [0.5, 0.6) is 5.75 Å². The van der Waals surface area contributed by atoms with Gasteiger partial charge in [0.25, 0.3) is 5.69 Å². The number of aromatic nitrogens is 1. The molecule has 0 aliphatic rings. The minimum Gasteiger partial charge on any atom is -0.497 e. The third-order valence-corrected chi connectivity index (χ3v) is 2.64. The highest BCUT2D eigenvalue weighted by molar-refractivity contribution is 5.62. The second-order valence-electron chi connectivity index (χ2n) is 3.96. The molecular weight excluding hydrogens is 260 g/mol. The molecule has 1 aromatic carbocycles. The van der Waals surface area contributed by atoms with Gasteiger partial charge in [0.15, 0.2) is 0 Å². The Morgan fingerprint density at radius 1 is 1.20 bits per heavy atom. The van der Waals surface area contributed by atoms with E-state index in [2.05, 4.69) is 15.6 Å². The molecule has 0 saturated heterocycles. The standard InChI is InChI=1S/C13H14N4O3/c1-14-12-7-10(17(18)19)8-13(16-12)15-9-3-5-11(20-2)6-4-9/h3-8H,1-2H3,(H2,14,15,16). The molecule has 0 fully saturated rings. The number of hydrogen-bond acceptors (Lipinski definition) is 6. The lowest BCUT2D eigenvalue weighted by atomic mass is 10.3. The van der Waals surface area contributed by atoms with Crippen molar-refractivity contribution in [3.8, 4) is 5.75 Å². The summed E-state index contributed by atoms with van der Waals surface area (Å²) in [5.74, 6) is 1.56. The van der Waals surface area contributed by atoms with Gasteiger partial charge in [0.2, 0.25) is 0 Å². The van der Waals surface area contributed by atoms with E-state index >= 15 is 0 Å². The third kappa shape index (κ3) is 3.14. The Balaban J connectivity index is 2.27. The predicted molar refractivity (Wildman–Crippen MR) is 76.7 cm³/mol. The van der Waals surface area contributed by atoms with Crippen LogP contribution in [-0.2, 0) is 0 Å². The Morgan fingerprint density at radius 3 is 2.40 bits per heavy atom. The summed E-state index contributed by atoms with van der Waals surface area (Å²) in [4.78, 5) is 14.6. The molecule has 2 rings (SSSR count). The Bertz CT molecular complexity index is 614. The summed E-state index contributed by atoms with van der Waals surface area (Å²) in [5, 5.41) is 16.7. The maximum Gasteiger partial charge on any atom is 0.276 e. The van der Waals surface area contributed by atoms with Crippen LogP contribution < -0.4 is 15.4 Å². The average Bonchev–Trinajstić information content (AvgIpc) is 2.47. The van der Waals surface area contributed by atoms with Crippen LogP contribution in [0, 0.1) is 10.1 Å². The second-order valence-corrected chi connectivity index (χ2v) is 3.96. The number of anilines is 3. The van der Waals surface area contributed by atoms with Crippen LogP contribution in [0.1, 0.15) is 0 Å². The number of ether oxygens (including phenoxy) is 1. The van der Waals surface area contributed by atoms with Gasteiger partial charge < -0.3 is 15.4 Å². The molecule has 7 nitrogen and oxygen atoms in total. The van der Waals surface area contributed by atoms with Gasteiger partial charge in [0, 0.05) is 12.7 Å². The number of benzene rings is 1. The highest BCUT2D eigenvalue weighted by Gasteiger charge is 2.10. The zero-order valence-corrected chi connectivity index (χ0v) is 11.1. The first kappa shape index (κ1) is 13.6. The molecule has 0 amide bonds. The van der Waals surface area contributed by atoms with Gasteiger partial charge in [-0.25, -0.2) is 4.98 Å². The normalized spacial score (nSPS) is 9.90. The lowest BCUT2D eigenvalue weighted by Gasteiger charge is -2.08. The molecule has 0 saturated carbocycles. The minimum absolute atomic E-state index is 0.0274. The number of nitrogens with one attached hydrogen (secondary N) is 2. The van der Waals surface area contributed by atoms with Gasteiger partial charge in [0.05, 0.1) is 24.2 Å². The molecule has 0 aliphatic carbocycles. The van der Waals surface area contributed by atoms with Crippen molar-refractivity contribution in [2.75, 3.05) is 24.8 Å². The summed E-state index contributed by atoms with van der Waals surface area (Å²) in [6.07, 6.45) is 0. The van der Waals surface area contributed by atoms with Crippen LogP contribution >= 0.6 is 0 Å². The van der Waals surface area contributed by atoms with Crippen molar-refractivity contribution in [3.05, 3.63) is 46.5 Å². The lowest BCUT2D eigenvalue weighted by molar-refractivity contribution is -0.384. The van der Waals surface area contributed by atoms with E-state index in [0.29, 0.717) is 11.6 Å². The lowest BCUT2D eigenvalue weighted by Crippen LogP contribution is -2.00. The van der Waals surface area contributed by atoms with Gasteiger partial charge in [0.1, 0.15) is 17.4 Å². The van der Waals surface area contributed by atoms with E-state index in [1.807, 2.05) is 0 Å². The van der Waals surface area contributed by atoms with Gasteiger partial charge in [-0.05, 0) is 24.3 Å². The van der Waals surface area contributed by atoms with Crippen molar-refractivity contribution < 1.29 is 9.66 Å². The predicted octanol–water partition coefficient (Wildman–Crippen LogP) is 2.78. The first-order valence-electron chi connectivity index (χ1n) is 5.87. The SMILES string of the molecule is CNc1cc([N+](=O)[O-])cc(Nc2ccc(OC)cc2)n1. The monoisotopic (exact) mass is 274 g/mol. The number of nitro groups is 1. The molecule has 2 aromatic rings. The van der Waals surface area contributed by atoms with E-state index in [4.69, 9.17) is 4.74 Å². The van der Waals surface area contributed by atoms with E-state index in [1.54, 1.807) is 38.4 Å². The Labute approximate surface area is 115 Å². The molecule has 0 aliphatic heterocycles. The van der Waals surface area contributed by atoms with Crippen LogP contribution in [0.25, 0.3) is 0 Å². The van der Waals surface area contributed by atoms with Crippen LogP contribution in [0.3, 0.4) is 0 Å². The fourth-order valence-corrected chi connectivity index (χ4v) is 1.64. The molecule has 0 spiro atoms. The van der Waals surface area contributed by atoms with E-state index in [0.717, 1.165) is 11.4 Å². The molecule has 0 atom stereocenters. The number of methoxy groups -OCH3 is 1. The van der Waals surface area contributed by atoms with E-state index < -0.39 is 4.92 Å². The van der Waals surface area contributed by atoms with E-state index in [-0.39, 0.29) is 5.69 Å². The molecule has 1 aromatic heterocycles. The van der Waals surface area contributed by atoms with Crippen LogP contribution in [0.2, 0.25) is 0 Å². The number of nitrogens with zero attached hydrogens (tertiary/aromatic N) is 2. The average molecular weight is 274 g/mol. The Kier molecular flexibility index (Phi) is 3.99. The van der Waals surface area contributed by atoms with Crippen LogP contribution in [0.4, 0.5) is 23.0 Å². The van der Waals surface area contributed by atoms with E-state index in [9.17, 15) is 10.1 Å². The van der Waals surface area contributed by atoms with Crippen molar-refractivity contribution in [3.63, 3.8) is 0 Å². The fourth-order valence-electron chi connectivity index (χ4n) is 1.64. The maximum absolute atomic E-state index is 10.9. The van der Waals surface area contributed by atoms with Crippen molar-refractivity contribution in [1.82, 2.24) is 4.98 Å². The molecular formula is C13H14N4O3. The zero-order valence-electron chi connectivity index (χ0n) is 11.1. The summed E-state index contributed by atoms with van der Waals surface area (Å²) in [5.41, 5.74) is 0.737. The largest absolute Gasteiger partial charge is 0.497 e. The number of hydrogen-bond donors (Lipinski definition) is 2. The minimum atomic E-state index is -0.457. The number of rotatable bonds is 5. The molecule has 20 heavy (non-hydrogen) atoms. The van der Waals surface area contributed by atoms with Gasteiger partial charge in [-0.2, -0.15) is 0 Å². The zero-order chi connectivity index (χ0) is 14.5. The van der Waals surface area contributed by atoms with Crippen molar-refractivity contribution in [1.29, 1.82) is 0 Å². The summed E-state index contributed by atoms with van der Waals surface area (Å²) >= 11 is 0. The summed E-state index contributed by atoms with van der Waals surface area (Å²) in [7, 11) is 3.24. The quantitative estimate of drug-likeness (QED) is 0.643. The first-order valence-corrected chi connectivity index (χ1v) is 5.87. The smallest absolute Gasteiger partial charge is 0.276 e. The maximum atomic E-state index is 10.9. The highest BCUT2D eigenvalue weighted by Crippen LogP contribution is 2.24. The molecule has 7 heteroatoms. The third-order valence-electron chi connectivity index (χ3n) is 2.64. The second kappa shape index (κ2) is 5.87. The topological polar surface area (TPSA) is 89.3 Å². The van der Waals surface area contributed by atoms with Crippen LogP contribution in [-0.4, -0.2) is 24.1 Å². The molecule has 0 bridgehead atoms. The molecule has 0 radical (unpaired) electrons. The van der Waals surface area contributed by atoms with Gasteiger partial charge in [-0.15, -0.1) is 0 Å². The molecule has 0 unspecified atom stereocenters. The molecule has 104 valence electrons. The first-order chi connectivity index (χ1) is 9.62. The Hall–Kier alpha value is -2.83. The van der Waals surface area contributed by atoms with E-state index in [1.165, 1.54) is 12.1 Å². The summed E-state index contributed by atoms with van der Waals surface area (Å²) in [6, 6.07) is 9.94. The number of pyridine rings is 1. The van der Waals surface area contributed by atoms with Crippen molar-refractivity contribution in [2.24, 2.45) is 0 Å². The van der Waals surface area contributed by atoms with Gasteiger partial charge >= 0.3 is 0 Å². The van der Waals surface area contributed by atoms with Crippen molar-refractivity contribution in [2.45, 2.75) is 0 Å². The highest BCUT2D eigenvalue weighted by atomic mass is 16.6. The van der Waals surface area contributed by atoms with Crippen molar-refractivity contribution >= 4 is 23.0 Å². The van der Waals surface area contributed by atoms with Gasteiger partial charge in [-0.1, -0.05) is 0 Å². The summed E-state index contributed by atoms with van der Waals surface area (Å²) in [6.45, 7) is 0.